The maximum atomic E-state index is 11.8. The summed E-state index contributed by atoms with van der Waals surface area (Å²) in [4.78, 5) is 11.8. The summed E-state index contributed by atoms with van der Waals surface area (Å²) in [6.45, 7) is 7.45. The summed E-state index contributed by atoms with van der Waals surface area (Å²) in [5.74, 6) is -0.403. The normalized spacial score (nSPS) is 14.9. The standard InChI is InChI=1S/C13H27O6P/c1-10(2)13(11(3)4,20(15)16)19-12(6-7-14)8-18-9-17-5/h10-12,14H,6-9H2,1-5H3/t12-/m0/s1. The molecule has 0 rings (SSSR count). The maximum absolute atomic E-state index is 11.8. The smallest absolute Gasteiger partial charge is 0.345 e. The fourth-order valence-electron chi connectivity index (χ4n) is 2.25. The van der Waals surface area contributed by atoms with Crippen molar-refractivity contribution in [3.05, 3.63) is 0 Å². The summed E-state index contributed by atoms with van der Waals surface area (Å²) >= 11 is 0. The van der Waals surface area contributed by atoms with Crippen LogP contribution in [-0.2, 0) is 18.8 Å². The Morgan fingerprint density at radius 3 is 2.15 bits per heavy atom. The molecule has 7 heteroatoms. The zero-order chi connectivity index (χ0) is 15.8. The van der Waals surface area contributed by atoms with E-state index >= 15 is 0 Å². The van der Waals surface area contributed by atoms with E-state index in [0.29, 0.717) is 6.42 Å². The fourth-order valence-corrected chi connectivity index (χ4v) is 3.33. The number of rotatable bonds is 11. The Hall–Kier alpha value is -0.100. The molecule has 1 unspecified atom stereocenters. The first-order chi connectivity index (χ1) is 9.32. The Balaban J connectivity index is 5.01. The Kier molecular flexibility index (Phi) is 9.72. The number of aliphatic hydroxyl groups excluding tert-OH is 1. The largest absolute Gasteiger partial charge is 0.593 e. The Morgan fingerprint density at radius 1 is 1.25 bits per heavy atom. The lowest BCUT2D eigenvalue weighted by Crippen LogP contribution is -2.46. The van der Waals surface area contributed by atoms with Crippen molar-refractivity contribution < 1.29 is 28.8 Å². The molecule has 6 nitrogen and oxygen atoms in total. The summed E-state index contributed by atoms with van der Waals surface area (Å²) in [5, 5.41) is 7.83. The number of aliphatic hydroxyl groups is 1. The lowest BCUT2D eigenvalue weighted by Gasteiger charge is -2.36. The molecule has 0 amide bonds. The molecule has 0 bridgehead atoms. The molecule has 0 heterocycles. The van der Waals surface area contributed by atoms with E-state index in [4.69, 9.17) is 19.3 Å². The van der Waals surface area contributed by atoms with E-state index in [-0.39, 0.29) is 31.8 Å². The van der Waals surface area contributed by atoms with Crippen molar-refractivity contribution in [2.75, 3.05) is 27.1 Å². The monoisotopic (exact) mass is 310 g/mol. The topological polar surface area (TPSA) is 88.1 Å². The fraction of sp³-hybridized carbons (Fsp3) is 1.00. The average molecular weight is 310 g/mol. The average Bonchev–Trinajstić information content (AvgIpc) is 2.34. The third-order valence-electron chi connectivity index (χ3n) is 3.25. The molecular formula is C13H27O6P. The van der Waals surface area contributed by atoms with Crippen LogP contribution in [0, 0.1) is 11.8 Å². The summed E-state index contributed by atoms with van der Waals surface area (Å²) in [6, 6.07) is 0. The van der Waals surface area contributed by atoms with Crippen LogP contribution < -0.4 is 4.89 Å². The number of hydrogen-bond donors (Lipinski definition) is 1. The van der Waals surface area contributed by atoms with Crippen LogP contribution in [0.3, 0.4) is 0 Å². The number of ether oxygens (including phenoxy) is 3. The third kappa shape index (κ3) is 5.35. The maximum Gasteiger partial charge on any atom is 0.345 e. The van der Waals surface area contributed by atoms with Gasteiger partial charge in [0.15, 0.2) is 0 Å². The molecule has 0 fully saturated rings. The van der Waals surface area contributed by atoms with Crippen molar-refractivity contribution in [3.63, 3.8) is 0 Å². The SMILES string of the molecule is COCOC[C@H](CCO)OC(C(C)C)(C(C)C)[P+](=O)[O-]. The molecule has 0 aliphatic rings. The summed E-state index contributed by atoms with van der Waals surface area (Å²) in [7, 11) is -1.28. The molecule has 1 N–H and O–H groups in total. The molecule has 0 saturated heterocycles. The third-order valence-corrected chi connectivity index (χ3v) is 4.96. The first-order valence-corrected chi connectivity index (χ1v) is 8.00. The van der Waals surface area contributed by atoms with Crippen LogP contribution in [0.2, 0.25) is 0 Å². The molecule has 0 radical (unpaired) electrons. The Morgan fingerprint density at radius 2 is 1.80 bits per heavy atom. The number of hydrogen-bond acceptors (Lipinski definition) is 6. The highest BCUT2D eigenvalue weighted by Crippen LogP contribution is 2.46. The molecule has 20 heavy (non-hydrogen) atoms. The van der Waals surface area contributed by atoms with Gasteiger partial charge in [0.2, 0.25) is 0 Å². The molecule has 0 spiro atoms. The van der Waals surface area contributed by atoms with Gasteiger partial charge in [0.05, 0.1) is 12.7 Å². The molecule has 0 aromatic carbocycles. The van der Waals surface area contributed by atoms with Crippen LogP contribution in [0.25, 0.3) is 0 Å². The predicted octanol–water partition coefficient (Wildman–Crippen LogP) is 1.49. The Labute approximate surface area is 122 Å². The van der Waals surface area contributed by atoms with Crippen LogP contribution in [0.15, 0.2) is 0 Å². The van der Waals surface area contributed by atoms with Gasteiger partial charge in [-0.25, -0.2) is 0 Å². The van der Waals surface area contributed by atoms with Gasteiger partial charge in [0.25, 0.3) is 5.34 Å². The number of methoxy groups -OCH3 is 1. The van der Waals surface area contributed by atoms with Gasteiger partial charge in [0.1, 0.15) is 6.79 Å². The van der Waals surface area contributed by atoms with E-state index in [0.717, 1.165) is 0 Å². The van der Waals surface area contributed by atoms with Gasteiger partial charge in [-0.05, 0) is 6.42 Å². The van der Waals surface area contributed by atoms with Gasteiger partial charge in [0, 0.05) is 25.6 Å². The quantitative estimate of drug-likeness (QED) is 0.353. The minimum absolute atomic E-state index is 0.0943. The summed E-state index contributed by atoms with van der Waals surface area (Å²) in [6.07, 6.45) is -0.179. The molecule has 0 saturated carbocycles. The summed E-state index contributed by atoms with van der Waals surface area (Å²) in [5.41, 5.74) is 0. The van der Waals surface area contributed by atoms with Crippen molar-refractivity contribution in [3.8, 4) is 0 Å². The minimum Gasteiger partial charge on any atom is -0.593 e. The lowest BCUT2D eigenvalue weighted by atomic mass is 9.94. The van der Waals surface area contributed by atoms with Gasteiger partial charge in [-0.2, -0.15) is 0 Å². The highest BCUT2D eigenvalue weighted by Gasteiger charge is 2.52. The molecule has 2 atom stereocenters. The zero-order valence-electron chi connectivity index (χ0n) is 13.0. The van der Waals surface area contributed by atoms with Crippen molar-refractivity contribution >= 4 is 8.03 Å². The molecule has 0 aromatic heterocycles. The molecule has 0 aliphatic carbocycles. The van der Waals surface area contributed by atoms with Gasteiger partial charge in [-0.3, -0.25) is 0 Å². The lowest BCUT2D eigenvalue weighted by molar-refractivity contribution is -0.207. The van der Waals surface area contributed by atoms with Crippen molar-refractivity contribution in [1.82, 2.24) is 0 Å². The van der Waals surface area contributed by atoms with Crippen LogP contribution >= 0.6 is 8.03 Å². The first kappa shape index (κ1) is 19.9. The molecule has 120 valence electrons. The second-order valence-corrected chi connectivity index (χ2v) is 6.56. The van der Waals surface area contributed by atoms with Crippen LogP contribution in [0.4, 0.5) is 0 Å². The van der Waals surface area contributed by atoms with E-state index in [9.17, 15) is 9.46 Å². The van der Waals surface area contributed by atoms with Crippen molar-refractivity contribution in [2.24, 2.45) is 11.8 Å². The van der Waals surface area contributed by atoms with Crippen LogP contribution in [-0.4, -0.2) is 43.7 Å². The first-order valence-electron chi connectivity index (χ1n) is 6.82. The van der Waals surface area contributed by atoms with Crippen molar-refractivity contribution in [2.45, 2.75) is 45.6 Å². The van der Waals surface area contributed by atoms with Gasteiger partial charge >= 0.3 is 8.03 Å². The van der Waals surface area contributed by atoms with Crippen molar-refractivity contribution in [1.29, 1.82) is 0 Å². The van der Waals surface area contributed by atoms with Crippen LogP contribution in [0.5, 0.6) is 0 Å². The highest BCUT2D eigenvalue weighted by molar-refractivity contribution is 7.38. The van der Waals surface area contributed by atoms with Gasteiger partial charge < -0.3 is 24.2 Å². The minimum atomic E-state index is -2.78. The van der Waals surface area contributed by atoms with E-state index in [2.05, 4.69) is 0 Å². The molecule has 0 aliphatic heterocycles. The molecule has 0 aromatic rings. The zero-order valence-corrected chi connectivity index (χ0v) is 13.9. The van der Waals surface area contributed by atoms with Gasteiger partial charge in [-0.15, -0.1) is 0 Å². The second kappa shape index (κ2) is 9.77. The highest BCUT2D eigenvalue weighted by atomic mass is 31.1. The predicted molar refractivity (Wildman–Crippen MR) is 74.4 cm³/mol. The summed E-state index contributed by atoms with van der Waals surface area (Å²) < 4.78 is 27.6. The Bertz CT molecular complexity index is 274. The molecular weight excluding hydrogens is 283 g/mol. The van der Waals surface area contributed by atoms with E-state index < -0.39 is 19.5 Å². The van der Waals surface area contributed by atoms with Gasteiger partial charge in [-0.1, -0.05) is 32.3 Å². The van der Waals surface area contributed by atoms with E-state index in [1.54, 1.807) is 0 Å². The van der Waals surface area contributed by atoms with E-state index in [1.807, 2.05) is 27.7 Å². The second-order valence-electron chi connectivity index (χ2n) is 5.35. The van der Waals surface area contributed by atoms with E-state index in [1.165, 1.54) is 7.11 Å². The van der Waals surface area contributed by atoms with Crippen LogP contribution in [0.1, 0.15) is 34.1 Å².